The Bertz CT molecular complexity index is 598. The van der Waals surface area contributed by atoms with Gasteiger partial charge in [-0.1, -0.05) is 6.07 Å². The van der Waals surface area contributed by atoms with Crippen molar-refractivity contribution >= 4 is 40.1 Å². The first kappa shape index (κ1) is 17.6. The van der Waals surface area contributed by atoms with Crippen molar-refractivity contribution in [2.24, 2.45) is 0 Å². The van der Waals surface area contributed by atoms with Crippen molar-refractivity contribution in [3.8, 4) is 0 Å². The Balaban J connectivity index is 1.36. The molecule has 2 aliphatic rings. The van der Waals surface area contributed by atoms with Crippen LogP contribution in [-0.2, 0) is 9.59 Å². The van der Waals surface area contributed by atoms with Crippen molar-refractivity contribution in [2.75, 3.05) is 44.6 Å². The summed E-state index contributed by atoms with van der Waals surface area (Å²) in [5, 5.41) is 5.96. The Morgan fingerprint density at radius 3 is 2.25 bits per heavy atom. The number of carbonyl (C=O) groups is 2. The minimum Gasteiger partial charge on any atom is -0.352 e. The van der Waals surface area contributed by atoms with Crippen LogP contribution in [0.2, 0.25) is 0 Å². The fraction of sp³-hybridized carbons (Fsp3) is 0.529. The molecule has 1 aromatic rings. The SMILES string of the molecule is O=C(CN1CCN(CC(=O)NC2CC2)CC1)Nc1cccc(I)c1. The average Bonchev–Trinajstić information content (AvgIpc) is 3.33. The van der Waals surface area contributed by atoms with Gasteiger partial charge in [-0.2, -0.15) is 0 Å². The molecule has 0 spiro atoms. The number of anilines is 1. The second-order valence-corrected chi connectivity index (χ2v) is 7.70. The highest BCUT2D eigenvalue weighted by Crippen LogP contribution is 2.18. The van der Waals surface area contributed by atoms with Crippen LogP contribution in [0.3, 0.4) is 0 Å². The van der Waals surface area contributed by atoms with E-state index in [4.69, 9.17) is 0 Å². The predicted molar refractivity (Wildman–Crippen MR) is 102 cm³/mol. The molecule has 24 heavy (non-hydrogen) atoms. The normalized spacial score (nSPS) is 19.0. The molecule has 1 saturated carbocycles. The number of nitrogens with one attached hydrogen (secondary N) is 2. The van der Waals surface area contributed by atoms with Crippen LogP contribution in [0.5, 0.6) is 0 Å². The first-order chi connectivity index (χ1) is 11.6. The van der Waals surface area contributed by atoms with E-state index in [1.807, 2.05) is 24.3 Å². The molecule has 130 valence electrons. The molecule has 1 heterocycles. The van der Waals surface area contributed by atoms with Crippen LogP contribution in [0.4, 0.5) is 5.69 Å². The first-order valence-electron chi connectivity index (χ1n) is 8.38. The van der Waals surface area contributed by atoms with Crippen molar-refractivity contribution in [1.82, 2.24) is 15.1 Å². The molecule has 7 heteroatoms. The van der Waals surface area contributed by atoms with Gasteiger partial charge in [-0.3, -0.25) is 19.4 Å². The molecule has 2 amide bonds. The Kier molecular flexibility index (Phi) is 6.07. The molecule has 2 N–H and O–H groups in total. The van der Waals surface area contributed by atoms with Crippen molar-refractivity contribution in [3.63, 3.8) is 0 Å². The van der Waals surface area contributed by atoms with E-state index in [0.717, 1.165) is 48.3 Å². The summed E-state index contributed by atoms with van der Waals surface area (Å²) in [5.74, 6) is 0.138. The van der Waals surface area contributed by atoms with Gasteiger partial charge < -0.3 is 10.6 Å². The number of piperazine rings is 1. The van der Waals surface area contributed by atoms with E-state index in [2.05, 4.69) is 43.0 Å². The summed E-state index contributed by atoms with van der Waals surface area (Å²) in [7, 11) is 0. The van der Waals surface area contributed by atoms with Gasteiger partial charge in [-0.25, -0.2) is 0 Å². The zero-order valence-corrected chi connectivity index (χ0v) is 15.8. The lowest BCUT2D eigenvalue weighted by molar-refractivity contribution is -0.123. The molecule has 0 atom stereocenters. The number of amides is 2. The quantitative estimate of drug-likeness (QED) is 0.649. The lowest BCUT2D eigenvalue weighted by Crippen LogP contribution is -2.51. The van der Waals surface area contributed by atoms with Crippen molar-refractivity contribution in [1.29, 1.82) is 0 Å². The van der Waals surface area contributed by atoms with Crippen LogP contribution in [0.15, 0.2) is 24.3 Å². The second kappa shape index (κ2) is 8.26. The third-order valence-corrected chi connectivity index (χ3v) is 4.92. The van der Waals surface area contributed by atoms with Crippen molar-refractivity contribution in [2.45, 2.75) is 18.9 Å². The molecule has 1 aromatic carbocycles. The zero-order valence-electron chi connectivity index (χ0n) is 13.6. The molecule has 0 unspecified atom stereocenters. The lowest BCUT2D eigenvalue weighted by Gasteiger charge is -2.33. The summed E-state index contributed by atoms with van der Waals surface area (Å²) in [6.07, 6.45) is 2.24. The molecule has 0 radical (unpaired) electrons. The smallest absolute Gasteiger partial charge is 0.238 e. The van der Waals surface area contributed by atoms with Crippen LogP contribution < -0.4 is 10.6 Å². The molecule has 2 fully saturated rings. The number of benzene rings is 1. The second-order valence-electron chi connectivity index (χ2n) is 6.45. The van der Waals surface area contributed by atoms with Crippen LogP contribution in [-0.4, -0.2) is 66.9 Å². The molecule has 1 aliphatic heterocycles. The number of nitrogens with zero attached hydrogens (tertiary/aromatic N) is 2. The Hall–Kier alpha value is -1.19. The first-order valence-corrected chi connectivity index (χ1v) is 9.46. The maximum atomic E-state index is 12.1. The number of hydrogen-bond donors (Lipinski definition) is 2. The number of halogens is 1. The van der Waals surface area contributed by atoms with Gasteiger partial charge in [0.05, 0.1) is 13.1 Å². The van der Waals surface area contributed by atoms with Crippen LogP contribution in [0, 0.1) is 3.57 Å². The number of rotatable bonds is 6. The van der Waals surface area contributed by atoms with E-state index in [9.17, 15) is 9.59 Å². The van der Waals surface area contributed by atoms with Gasteiger partial charge in [-0.15, -0.1) is 0 Å². The van der Waals surface area contributed by atoms with Gasteiger partial charge in [0.2, 0.25) is 11.8 Å². The number of hydrogen-bond acceptors (Lipinski definition) is 4. The summed E-state index contributed by atoms with van der Waals surface area (Å²) < 4.78 is 1.10. The van der Waals surface area contributed by atoms with Crippen molar-refractivity contribution < 1.29 is 9.59 Å². The topological polar surface area (TPSA) is 64.7 Å². The zero-order chi connectivity index (χ0) is 16.9. The van der Waals surface area contributed by atoms with Crippen molar-refractivity contribution in [3.05, 3.63) is 27.8 Å². The van der Waals surface area contributed by atoms with E-state index in [1.165, 1.54) is 0 Å². The van der Waals surface area contributed by atoms with Gasteiger partial charge in [0.25, 0.3) is 0 Å². The number of carbonyl (C=O) groups excluding carboxylic acids is 2. The van der Waals surface area contributed by atoms with E-state index in [0.29, 0.717) is 19.1 Å². The molecule has 0 aromatic heterocycles. The molecule has 1 saturated heterocycles. The van der Waals surface area contributed by atoms with E-state index < -0.39 is 0 Å². The predicted octanol–water partition coefficient (Wildman–Crippen LogP) is 1.13. The highest BCUT2D eigenvalue weighted by atomic mass is 127. The monoisotopic (exact) mass is 442 g/mol. The summed E-state index contributed by atoms with van der Waals surface area (Å²) >= 11 is 2.23. The molecular formula is C17H23IN4O2. The van der Waals surface area contributed by atoms with Crippen LogP contribution in [0.1, 0.15) is 12.8 Å². The summed E-state index contributed by atoms with van der Waals surface area (Å²) in [6, 6.07) is 8.20. The maximum Gasteiger partial charge on any atom is 0.238 e. The standard InChI is InChI=1S/C17H23IN4O2/c18-13-2-1-3-15(10-13)20-17(24)12-22-8-6-21(7-9-22)11-16(23)19-14-4-5-14/h1-3,10,14H,4-9,11-12H2,(H,19,23)(H,20,24). The van der Waals surface area contributed by atoms with Gasteiger partial charge in [-0.05, 0) is 53.6 Å². The van der Waals surface area contributed by atoms with Gasteiger partial charge >= 0.3 is 0 Å². The minimum atomic E-state index is 0.0110. The lowest BCUT2D eigenvalue weighted by atomic mass is 10.3. The molecule has 0 bridgehead atoms. The highest BCUT2D eigenvalue weighted by molar-refractivity contribution is 14.1. The highest BCUT2D eigenvalue weighted by Gasteiger charge is 2.25. The third kappa shape index (κ3) is 5.71. The maximum absolute atomic E-state index is 12.1. The fourth-order valence-electron chi connectivity index (χ4n) is 2.78. The van der Waals surface area contributed by atoms with Crippen LogP contribution in [0.25, 0.3) is 0 Å². The fourth-order valence-corrected chi connectivity index (χ4v) is 3.32. The summed E-state index contributed by atoms with van der Waals surface area (Å²) in [4.78, 5) is 28.3. The molecular weight excluding hydrogens is 419 g/mol. The molecule has 3 rings (SSSR count). The van der Waals surface area contributed by atoms with Gasteiger partial charge in [0.15, 0.2) is 0 Å². The van der Waals surface area contributed by atoms with E-state index in [1.54, 1.807) is 0 Å². The van der Waals surface area contributed by atoms with Gasteiger partial charge in [0.1, 0.15) is 0 Å². The Labute approximate surface area is 156 Å². The minimum absolute atomic E-state index is 0.0110. The third-order valence-electron chi connectivity index (χ3n) is 4.25. The molecule has 6 nitrogen and oxygen atoms in total. The summed E-state index contributed by atoms with van der Waals surface area (Å²) in [5.41, 5.74) is 0.835. The average molecular weight is 442 g/mol. The van der Waals surface area contributed by atoms with E-state index >= 15 is 0 Å². The van der Waals surface area contributed by atoms with E-state index in [-0.39, 0.29) is 11.8 Å². The Morgan fingerprint density at radius 2 is 1.67 bits per heavy atom. The Morgan fingerprint density at radius 1 is 1.04 bits per heavy atom. The summed E-state index contributed by atoms with van der Waals surface area (Å²) in [6.45, 7) is 4.16. The largest absolute Gasteiger partial charge is 0.352 e. The van der Waals surface area contributed by atoms with Gasteiger partial charge in [0, 0.05) is 41.5 Å². The van der Waals surface area contributed by atoms with Crippen LogP contribution >= 0.6 is 22.6 Å². The molecule has 1 aliphatic carbocycles.